The second kappa shape index (κ2) is 3.48. The number of methoxy groups -OCH3 is 1. The van der Waals surface area contributed by atoms with Gasteiger partial charge < -0.3 is 10.1 Å². The zero-order chi connectivity index (χ0) is 10.4. The first-order valence-electron chi connectivity index (χ1n) is 6.09. The smallest absolute Gasteiger partial charge is 0.223 e. The van der Waals surface area contributed by atoms with E-state index in [2.05, 4.69) is 5.32 Å². The summed E-state index contributed by atoms with van der Waals surface area (Å²) in [6.45, 7) is 0. The maximum atomic E-state index is 11.9. The number of hydrogen-bond acceptors (Lipinski definition) is 2. The number of nitrogens with one attached hydrogen (secondary N) is 1. The van der Waals surface area contributed by atoms with Gasteiger partial charge in [-0.2, -0.15) is 0 Å². The molecule has 0 aromatic heterocycles. The highest BCUT2D eigenvalue weighted by molar-refractivity contribution is 5.79. The second-order valence-electron chi connectivity index (χ2n) is 5.46. The number of carbonyl (C=O) groups is 1. The van der Waals surface area contributed by atoms with Crippen LogP contribution >= 0.6 is 0 Å². The molecule has 84 valence electrons. The highest BCUT2D eigenvalue weighted by atomic mass is 16.5. The Kier molecular flexibility index (Phi) is 2.23. The lowest BCUT2D eigenvalue weighted by atomic mass is 9.88. The number of hydrogen-bond donors (Lipinski definition) is 1. The second-order valence-corrected chi connectivity index (χ2v) is 5.46. The molecule has 3 rings (SSSR count). The van der Waals surface area contributed by atoms with E-state index in [-0.39, 0.29) is 0 Å². The average molecular weight is 209 g/mol. The van der Waals surface area contributed by atoms with E-state index in [1.807, 2.05) is 0 Å². The van der Waals surface area contributed by atoms with Gasteiger partial charge in [0.2, 0.25) is 5.91 Å². The Morgan fingerprint density at radius 2 is 1.80 bits per heavy atom. The zero-order valence-corrected chi connectivity index (χ0v) is 9.24. The van der Waals surface area contributed by atoms with Crippen LogP contribution in [0.5, 0.6) is 0 Å². The summed E-state index contributed by atoms with van der Waals surface area (Å²) in [6.07, 6.45) is 6.07. The Balaban J connectivity index is 1.42. The van der Waals surface area contributed by atoms with Crippen molar-refractivity contribution in [3.8, 4) is 0 Å². The molecule has 0 heterocycles. The minimum absolute atomic E-state index is 0.307. The predicted molar refractivity (Wildman–Crippen MR) is 56.3 cm³/mol. The minimum Gasteiger partial charge on any atom is -0.381 e. The molecule has 3 nitrogen and oxygen atoms in total. The third-order valence-corrected chi connectivity index (χ3v) is 4.39. The fourth-order valence-corrected chi connectivity index (χ4v) is 3.12. The monoisotopic (exact) mass is 209 g/mol. The van der Waals surface area contributed by atoms with Crippen LogP contribution in [-0.2, 0) is 9.53 Å². The standard InChI is InChI=1S/C12H19NO2/c1-15-11-5-10(6-11)13-12(14)9-3-7-2-8(7)4-9/h7-11H,2-6H2,1H3,(H,13,14). The van der Waals surface area contributed by atoms with Crippen molar-refractivity contribution in [3.63, 3.8) is 0 Å². The SMILES string of the molecule is COC1CC(NC(=O)C2CC3CC3C2)C1. The summed E-state index contributed by atoms with van der Waals surface area (Å²) in [5, 5.41) is 3.14. The highest BCUT2D eigenvalue weighted by Gasteiger charge is 2.48. The Labute approximate surface area is 90.6 Å². The van der Waals surface area contributed by atoms with Crippen LogP contribution in [-0.4, -0.2) is 25.2 Å². The van der Waals surface area contributed by atoms with Crippen molar-refractivity contribution < 1.29 is 9.53 Å². The van der Waals surface area contributed by atoms with Crippen LogP contribution in [0.25, 0.3) is 0 Å². The van der Waals surface area contributed by atoms with E-state index in [0.29, 0.717) is 24.0 Å². The summed E-state index contributed by atoms with van der Waals surface area (Å²) in [7, 11) is 1.74. The average Bonchev–Trinajstić information content (AvgIpc) is 2.78. The topological polar surface area (TPSA) is 38.3 Å². The quantitative estimate of drug-likeness (QED) is 0.761. The van der Waals surface area contributed by atoms with Crippen LogP contribution < -0.4 is 5.32 Å². The molecule has 1 N–H and O–H groups in total. The van der Waals surface area contributed by atoms with Crippen molar-refractivity contribution in [1.82, 2.24) is 5.32 Å². The summed E-state index contributed by atoms with van der Waals surface area (Å²) in [6, 6.07) is 0.388. The van der Waals surface area contributed by atoms with Crippen molar-refractivity contribution in [2.24, 2.45) is 17.8 Å². The van der Waals surface area contributed by atoms with Gasteiger partial charge in [-0.25, -0.2) is 0 Å². The maximum absolute atomic E-state index is 11.9. The van der Waals surface area contributed by atoms with Crippen molar-refractivity contribution in [2.45, 2.75) is 44.2 Å². The molecule has 1 amide bonds. The molecule has 3 heteroatoms. The number of amides is 1. The molecule has 0 bridgehead atoms. The molecule has 3 aliphatic rings. The van der Waals surface area contributed by atoms with E-state index in [1.54, 1.807) is 7.11 Å². The van der Waals surface area contributed by atoms with Gasteiger partial charge in [0.1, 0.15) is 0 Å². The Morgan fingerprint density at radius 1 is 1.13 bits per heavy atom. The Morgan fingerprint density at radius 3 is 2.40 bits per heavy atom. The van der Waals surface area contributed by atoms with Crippen molar-refractivity contribution >= 4 is 5.91 Å². The molecule has 2 atom stereocenters. The lowest BCUT2D eigenvalue weighted by molar-refractivity contribution is -0.127. The molecule has 0 spiro atoms. The number of ether oxygens (including phenoxy) is 1. The van der Waals surface area contributed by atoms with E-state index >= 15 is 0 Å². The molecule has 15 heavy (non-hydrogen) atoms. The first-order chi connectivity index (χ1) is 7.26. The molecule has 0 aliphatic heterocycles. The molecule has 0 aromatic rings. The fraction of sp³-hybridized carbons (Fsp3) is 0.917. The van der Waals surface area contributed by atoms with Crippen LogP contribution in [0.3, 0.4) is 0 Å². The molecule has 3 saturated carbocycles. The minimum atomic E-state index is 0.307. The van der Waals surface area contributed by atoms with E-state index in [4.69, 9.17) is 4.74 Å². The van der Waals surface area contributed by atoms with Crippen molar-refractivity contribution in [1.29, 1.82) is 0 Å². The summed E-state index contributed by atoms with van der Waals surface area (Å²) in [4.78, 5) is 11.9. The summed E-state index contributed by atoms with van der Waals surface area (Å²) in [5.41, 5.74) is 0. The van der Waals surface area contributed by atoms with Gasteiger partial charge in [-0.3, -0.25) is 4.79 Å². The Bertz CT molecular complexity index is 263. The molecule has 0 aromatic carbocycles. The van der Waals surface area contributed by atoms with Gasteiger partial charge in [0.25, 0.3) is 0 Å². The fourth-order valence-electron chi connectivity index (χ4n) is 3.12. The van der Waals surface area contributed by atoms with E-state index in [0.717, 1.165) is 37.5 Å². The van der Waals surface area contributed by atoms with Gasteiger partial charge in [-0.05, 0) is 43.9 Å². The van der Waals surface area contributed by atoms with Crippen LogP contribution in [0, 0.1) is 17.8 Å². The van der Waals surface area contributed by atoms with E-state index in [9.17, 15) is 4.79 Å². The van der Waals surface area contributed by atoms with Gasteiger partial charge in [-0.1, -0.05) is 0 Å². The van der Waals surface area contributed by atoms with Gasteiger partial charge in [0, 0.05) is 19.1 Å². The van der Waals surface area contributed by atoms with Gasteiger partial charge in [0.15, 0.2) is 0 Å². The molecule has 0 radical (unpaired) electrons. The molecule has 3 fully saturated rings. The van der Waals surface area contributed by atoms with Crippen LogP contribution in [0.2, 0.25) is 0 Å². The largest absolute Gasteiger partial charge is 0.381 e. The van der Waals surface area contributed by atoms with Gasteiger partial charge in [0.05, 0.1) is 6.10 Å². The molecule has 0 saturated heterocycles. The predicted octanol–water partition coefficient (Wildman–Crippen LogP) is 1.33. The van der Waals surface area contributed by atoms with Crippen LogP contribution in [0.4, 0.5) is 0 Å². The van der Waals surface area contributed by atoms with Gasteiger partial charge in [-0.15, -0.1) is 0 Å². The lowest BCUT2D eigenvalue weighted by Crippen LogP contribution is -2.49. The number of carbonyl (C=O) groups excluding carboxylic acids is 1. The molecular weight excluding hydrogens is 190 g/mol. The normalized spacial score (nSPS) is 46.9. The maximum Gasteiger partial charge on any atom is 0.223 e. The van der Waals surface area contributed by atoms with Gasteiger partial charge >= 0.3 is 0 Å². The third kappa shape index (κ3) is 1.78. The summed E-state index contributed by atoms with van der Waals surface area (Å²) < 4.78 is 5.20. The first kappa shape index (κ1) is 9.64. The summed E-state index contributed by atoms with van der Waals surface area (Å²) >= 11 is 0. The third-order valence-electron chi connectivity index (χ3n) is 4.39. The van der Waals surface area contributed by atoms with Crippen molar-refractivity contribution in [2.75, 3.05) is 7.11 Å². The van der Waals surface area contributed by atoms with E-state index in [1.165, 1.54) is 6.42 Å². The number of fused-ring (bicyclic) bond motifs is 1. The molecule has 2 unspecified atom stereocenters. The van der Waals surface area contributed by atoms with Crippen molar-refractivity contribution in [3.05, 3.63) is 0 Å². The van der Waals surface area contributed by atoms with Crippen LogP contribution in [0.1, 0.15) is 32.1 Å². The molecule has 3 aliphatic carbocycles. The van der Waals surface area contributed by atoms with Crippen LogP contribution in [0.15, 0.2) is 0 Å². The zero-order valence-electron chi connectivity index (χ0n) is 9.24. The Hall–Kier alpha value is -0.570. The lowest BCUT2D eigenvalue weighted by Gasteiger charge is -2.35. The highest BCUT2D eigenvalue weighted by Crippen LogP contribution is 2.54. The first-order valence-corrected chi connectivity index (χ1v) is 6.09. The van der Waals surface area contributed by atoms with E-state index < -0.39 is 0 Å². The number of rotatable bonds is 3. The molecular formula is C12H19NO2. The summed E-state index contributed by atoms with van der Waals surface area (Å²) in [5.74, 6) is 2.43.